The summed E-state index contributed by atoms with van der Waals surface area (Å²) in [6.45, 7) is 3.72. The van der Waals surface area contributed by atoms with Crippen LogP contribution in [0.15, 0.2) is 29.6 Å². The number of hydrazine groups is 1. The van der Waals surface area contributed by atoms with Crippen molar-refractivity contribution in [3.8, 4) is 0 Å². The molecule has 6 nitrogen and oxygen atoms in total. The largest absolute Gasteiger partial charge is 0.302 e. The summed E-state index contributed by atoms with van der Waals surface area (Å²) >= 11 is 7.47. The number of piperidine rings is 1. The molecular weight excluding hydrogens is 382 g/mol. The number of likely N-dealkylation sites (tertiary alicyclic amines) is 1. The van der Waals surface area contributed by atoms with Crippen LogP contribution in [0.2, 0.25) is 5.02 Å². The first-order valence-corrected chi connectivity index (χ1v) is 10.7. The highest BCUT2D eigenvalue weighted by atomic mass is 35.5. The molecule has 1 aromatic heterocycles. The summed E-state index contributed by atoms with van der Waals surface area (Å²) in [5.41, 5.74) is 8.36. The quantitative estimate of drug-likeness (QED) is 0.712. The lowest BCUT2D eigenvalue weighted by Crippen LogP contribution is -2.30. The number of hydrogen-bond donors (Lipinski definition) is 3. The summed E-state index contributed by atoms with van der Waals surface area (Å²) < 4.78 is 0. The van der Waals surface area contributed by atoms with Crippen LogP contribution >= 0.6 is 22.9 Å². The molecule has 3 heterocycles. The van der Waals surface area contributed by atoms with Gasteiger partial charge in [0.05, 0.1) is 17.7 Å². The van der Waals surface area contributed by atoms with Crippen LogP contribution < -0.4 is 16.2 Å². The van der Waals surface area contributed by atoms with Crippen LogP contribution in [0, 0.1) is 5.92 Å². The number of carbonyl (C=O) groups is 1. The van der Waals surface area contributed by atoms with Gasteiger partial charge in [-0.3, -0.25) is 15.1 Å². The van der Waals surface area contributed by atoms with Gasteiger partial charge in [0, 0.05) is 23.5 Å². The normalized spacial score (nSPS) is 23.4. The molecule has 2 saturated heterocycles. The van der Waals surface area contributed by atoms with E-state index >= 15 is 0 Å². The SMILES string of the molecule is O=C(Nc1nc(CN2CCCCC2)cs1)C1CNNC1c1ccc(Cl)cc1. The number of anilines is 1. The molecule has 4 rings (SSSR count). The molecule has 27 heavy (non-hydrogen) atoms. The third kappa shape index (κ3) is 4.67. The monoisotopic (exact) mass is 405 g/mol. The summed E-state index contributed by atoms with van der Waals surface area (Å²) in [4.78, 5) is 19.9. The minimum Gasteiger partial charge on any atom is -0.302 e. The van der Waals surface area contributed by atoms with Crippen LogP contribution in [0.5, 0.6) is 0 Å². The minimum absolute atomic E-state index is 0.0219. The third-order valence-electron chi connectivity index (χ3n) is 5.16. The van der Waals surface area contributed by atoms with Crippen molar-refractivity contribution in [2.45, 2.75) is 31.8 Å². The molecular formula is C19H24ClN5OS. The standard InChI is InChI=1S/C19H24ClN5OS/c20-14-6-4-13(5-7-14)17-16(10-21-24-17)18(26)23-19-22-15(12-27-19)11-25-8-2-1-3-9-25/h4-7,12,16-17,21,24H,1-3,8-11H2,(H,22,23,26). The number of nitrogens with one attached hydrogen (secondary N) is 3. The van der Waals surface area contributed by atoms with Crippen LogP contribution in [0.1, 0.15) is 36.6 Å². The fourth-order valence-corrected chi connectivity index (χ4v) is 4.54. The van der Waals surface area contributed by atoms with Gasteiger partial charge >= 0.3 is 0 Å². The Morgan fingerprint density at radius 1 is 1.26 bits per heavy atom. The molecule has 2 fully saturated rings. The van der Waals surface area contributed by atoms with Gasteiger partial charge in [-0.25, -0.2) is 10.4 Å². The first-order chi connectivity index (χ1) is 13.2. The molecule has 2 aliphatic heterocycles. The van der Waals surface area contributed by atoms with E-state index in [-0.39, 0.29) is 17.9 Å². The topological polar surface area (TPSA) is 69.3 Å². The molecule has 2 atom stereocenters. The number of thiazole rings is 1. The number of aromatic nitrogens is 1. The van der Waals surface area contributed by atoms with E-state index in [2.05, 4.69) is 26.1 Å². The smallest absolute Gasteiger partial charge is 0.232 e. The van der Waals surface area contributed by atoms with Crippen molar-refractivity contribution in [3.05, 3.63) is 45.9 Å². The molecule has 2 unspecified atom stereocenters. The van der Waals surface area contributed by atoms with Crippen LogP contribution in [-0.2, 0) is 11.3 Å². The average molecular weight is 406 g/mol. The molecule has 0 aliphatic carbocycles. The van der Waals surface area contributed by atoms with E-state index < -0.39 is 0 Å². The zero-order valence-electron chi connectivity index (χ0n) is 15.1. The van der Waals surface area contributed by atoms with E-state index in [0.717, 1.165) is 30.9 Å². The molecule has 0 spiro atoms. The van der Waals surface area contributed by atoms with Gasteiger partial charge in [0.15, 0.2) is 5.13 Å². The molecule has 2 aliphatic rings. The van der Waals surface area contributed by atoms with Gasteiger partial charge in [-0.1, -0.05) is 30.2 Å². The molecule has 2 aromatic rings. The van der Waals surface area contributed by atoms with E-state index in [1.54, 1.807) is 0 Å². The Morgan fingerprint density at radius 3 is 2.81 bits per heavy atom. The molecule has 1 aromatic carbocycles. The van der Waals surface area contributed by atoms with E-state index in [1.807, 2.05) is 29.6 Å². The zero-order valence-corrected chi connectivity index (χ0v) is 16.7. The maximum atomic E-state index is 12.8. The van der Waals surface area contributed by atoms with Crippen LogP contribution in [0.4, 0.5) is 5.13 Å². The van der Waals surface area contributed by atoms with Crippen molar-refractivity contribution in [1.29, 1.82) is 0 Å². The second kappa shape index (κ2) is 8.67. The second-order valence-corrected chi connectivity index (χ2v) is 8.43. The van der Waals surface area contributed by atoms with Gasteiger partial charge in [0.1, 0.15) is 0 Å². The van der Waals surface area contributed by atoms with Crippen LogP contribution in [0.25, 0.3) is 0 Å². The number of benzene rings is 1. The summed E-state index contributed by atoms with van der Waals surface area (Å²) in [7, 11) is 0. The van der Waals surface area contributed by atoms with E-state index in [4.69, 9.17) is 11.6 Å². The summed E-state index contributed by atoms with van der Waals surface area (Å²) in [6.07, 6.45) is 3.86. The lowest BCUT2D eigenvalue weighted by molar-refractivity contribution is -0.119. The number of nitrogens with zero attached hydrogens (tertiary/aromatic N) is 2. The average Bonchev–Trinajstić information content (AvgIpc) is 3.33. The Hall–Kier alpha value is -1.51. The van der Waals surface area contributed by atoms with Crippen molar-refractivity contribution in [3.63, 3.8) is 0 Å². The van der Waals surface area contributed by atoms with Gasteiger partial charge in [-0.05, 0) is 43.6 Å². The molecule has 3 N–H and O–H groups in total. The van der Waals surface area contributed by atoms with Gasteiger partial charge in [-0.15, -0.1) is 11.3 Å². The number of carbonyl (C=O) groups excluding carboxylic acids is 1. The highest BCUT2D eigenvalue weighted by Gasteiger charge is 2.34. The second-order valence-electron chi connectivity index (χ2n) is 7.13. The predicted molar refractivity (Wildman–Crippen MR) is 109 cm³/mol. The Morgan fingerprint density at radius 2 is 2.04 bits per heavy atom. The molecule has 144 valence electrons. The summed E-state index contributed by atoms with van der Waals surface area (Å²) in [6, 6.07) is 7.51. The van der Waals surface area contributed by atoms with Gasteiger partial charge in [0.25, 0.3) is 0 Å². The summed E-state index contributed by atoms with van der Waals surface area (Å²) in [5.74, 6) is -0.230. The molecule has 1 amide bonds. The first-order valence-electron chi connectivity index (χ1n) is 9.40. The van der Waals surface area contributed by atoms with E-state index in [9.17, 15) is 4.79 Å². The highest BCUT2D eigenvalue weighted by Crippen LogP contribution is 2.28. The molecule has 0 radical (unpaired) electrons. The fourth-order valence-electron chi connectivity index (χ4n) is 3.71. The number of amides is 1. The molecule has 0 saturated carbocycles. The van der Waals surface area contributed by atoms with Gasteiger partial charge < -0.3 is 5.32 Å². The summed E-state index contributed by atoms with van der Waals surface area (Å²) in [5, 5.41) is 6.41. The minimum atomic E-state index is -0.208. The maximum absolute atomic E-state index is 12.8. The first kappa shape index (κ1) is 18.8. The van der Waals surface area contributed by atoms with Crippen molar-refractivity contribution in [1.82, 2.24) is 20.7 Å². The zero-order chi connectivity index (χ0) is 18.6. The van der Waals surface area contributed by atoms with Gasteiger partial charge in [-0.2, -0.15) is 0 Å². The Bertz CT molecular complexity index is 775. The van der Waals surface area contributed by atoms with Crippen molar-refractivity contribution in [2.75, 3.05) is 25.0 Å². The predicted octanol–water partition coefficient (Wildman–Crippen LogP) is 3.19. The Kier molecular flexibility index (Phi) is 6.04. The van der Waals surface area contributed by atoms with E-state index in [0.29, 0.717) is 16.7 Å². The molecule has 0 bridgehead atoms. The van der Waals surface area contributed by atoms with Crippen molar-refractivity contribution >= 4 is 34.0 Å². The number of halogens is 1. The Balaban J connectivity index is 1.37. The maximum Gasteiger partial charge on any atom is 0.232 e. The highest BCUT2D eigenvalue weighted by molar-refractivity contribution is 7.13. The van der Waals surface area contributed by atoms with Crippen LogP contribution in [-0.4, -0.2) is 35.4 Å². The van der Waals surface area contributed by atoms with Crippen molar-refractivity contribution in [2.24, 2.45) is 5.92 Å². The lowest BCUT2D eigenvalue weighted by Gasteiger charge is -2.25. The molecule has 8 heteroatoms. The lowest BCUT2D eigenvalue weighted by atomic mass is 9.94. The fraction of sp³-hybridized carbons (Fsp3) is 0.474. The third-order valence-corrected chi connectivity index (χ3v) is 6.22. The van der Waals surface area contributed by atoms with Gasteiger partial charge in [0.2, 0.25) is 5.91 Å². The number of hydrogen-bond acceptors (Lipinski definition) is 6. The van der Waals surface area contributed by atoms with Crippen molar-refractivity contribution < 1.29 is 4.79 Å². The number of rotatable bonds is 5. The van der Waals surface area contributed by atoms with E-state index in [1.165, 1.54) is 30.6 Å². The Labute approximate surface area is 168 Å². The van der Waals surface area contributed by atoms with Crippen LogP contribution in [0.3, 0.4) is 0 Å².